The van der Waals surface area contributed by atoms with Crippen molar-refractivity contribution >= 4 is 5.95 Å². The van der Waals surface area contributed by atoms with Gasteiger partial charge in [0.25, 0.3) is 0 Å². The van der Waals surface area contributed by atoms with Crippen LogP contribution in [0.4, 0.5) is 19.1 Å². The van der Waals surface area contributed by atoms with Gasteiger partial charge in [0, 0.05) is 11.8 Å². The molecule has 0 saturated carbocycles. The Bertz CT molecular complexity index is 616. The molecule has 1 aromatic heterocycles. The Morgan fingerprint density at radius 3 is 2.60 bits per heavy atom. The molecule has 0 amide bonds. The van der Waals surface area contributed by atoms with Crippen LogP contribution >= 0.6 is 0 Å². The van der Waals surface area contributed by atoms with Crippen molar-refractivity contribution in [3.63, 3.8) is 0 Å². The summed E-state index contributed by atoms with van der Waals surface area (Å²) < 4.78 is 43.0. The van der Waals surface area contributed by atoms with E-state index in [0.29, 0.717) is 5.69 Å². The van der Waals surface area contributed by atoms with Gasteiger partial charge in [-0.25, -0.2) is 10.8 Å². The topological polar surface area (TPSA) is 73.1 Å². The molecule has 2 aromatic rings. The second kappa shape index (κ2) is 5.33. The minimum absolute atomic E-state index is 0.0286. The van der Waals surface area contributed by atoms with Crippen molar-refractivity contribution in [1.82, 2.24) is 9.97 Å². The normalized spacial score (nSPS) is 11.2. The Morgan fingerprint density at radius 1 is 1.20 bits per heavy atom. The number of nitrogen functional groups attached to an aromatic ring is 1. The molecule has 0 fully saturated rings. The molecule has 3 N–H and O–H groups in total. The predicted octanol–water partition coefficient (Wildman–Crippen LogP) is 2.88. The molecule has 8 heteroatoms. The maximum absolute atomic E-state index is 12.6. The molecule has 5 nitrogen and oxygen atoms in total. The van der Waals surface area contributed by atoms with E-state index in [9.17, 15) is 13.2 Å². The first kappa shape index (κ1) is 14.1. The van der Waals surface area contributed by atoms with E-state index in [-0.39, 0.29) is 17.6 Å². The third-order valence-corrected chi connectivity index (χ3v) is 2.34. The molecule has 0 bridgehead atoms. The minimum Gasteiger partial charge on any atom is -0.439 e. The van der Waals surface area contributed by atoms with Gasteiger partial charge < -0.3 is 4.74 Å². The van der Waals surface area contributed by atoms with E-state index < -0.39 is 11.7 Å². The quantitative estimate of drug-likeness (QED) is 0.669. The molecule has 106 valence electrons. The molecule has 2 rings (SSSR count). The summed E-state index contributed by atoms with van der Waals surface area (Å²) in [5, 5.41) is 0. The SMILES string of the molecule is Cc1cc(Oc2cccc(C(F)(F)F)c2)nc(NN)n1. The number of hydrazine groups is 1. The zero-order valence-electron chi connectivity index (χ0n) is 10.4. The van der Waals surface area contributed by atoms with Gasteiger partial charge in [0.15, 0.2) is 0 Å². The van der Waals surface area contributed by atoms with Crippen LogP contribution in [-0.4, -0.2) is 9.97 Å². The first-order chi connectivity index (χ1) is 9.38. The molecule has 0 spiro atoms. The van der Waals surface area contributed by atoms with Crippen LogP contribution in [0.2, 0.25) is 0 Å². The van der Waals surface area contributed by atoms with Crippen LogP contribution in [0.1, 0.15) is 11.3 Å². The van der Waals surface area contributed by atoms with Crippen molar-refractivity contribution in [3.8, 4) is 11.6 Å². The van der Waals surface area contributed by atoms with Crippen LogP contribution in [0.5, 0.6) is 11.6 Å². The number of halogens is 3. The van der Waals surface area contributed by atoms with Gasteiger partial charge in [0.2, 0.25) is 11.8 Å². The summed E-state index contributed by atoms with van der Waals surface area (Å²) in [6.45, 7) is 1.68. The first-order valence-corrected chi connectivity index (χ1v) is 5.56. The lowest BCUT2D eigenvalue weighted by atomic mass is 10.2. The van der Waals surface area contributed by atoms with Crippen molar-refractivity contribution in [1.29, 1.82) is 0 Å². The largest absolute Gasteiger partial charge is 0.439 e. The number of hydrogen-bond acceptors (Lipinski definition) is 5. The van der Waals surface area contributed by atoms with Gasteiger partial charge in [-0.15, -0.1) is 0 Å². The molecule has 20 heavy (non-hydrogen) atoms. The van der Waals surface area contributed by atoms with E-state index >= 15 is 0 Å². The molecule has 0 aliphatic heterocycles. The first-order valence-electron chi connectivity index (χ1n) is 5.56. The molecule has 0 saturated heterocycles. The molecule has 0 aliphatic carbocycles. The fourth-order valence-electron chi connectivity index (χ4n) is 1.51. The van der Waals surface area contributed by atoms with E-state index in [1.807, 2.05) is 0 Å². The van der Waals surface area contributed by atoms with Crippen LogP contribution < -0.4 is 16.0 Å². The zero-order valence-corrected chi connectivity index (χ0v) is 10.4. The Labute approximate surface area is 112 Å². The van der Waals surface area contributed by atoms with Crippen molar-refractivity contribution in [2.45, 2.75) is 13.1 Å². The van der Waals surface area contributed by atoms with E-state index in [0.717, 1.165) is 12.1 Å². The van der Waals surface area contributed by atoms with E-state index in [4.69, 9.17) is 10.6 Å². The number of alkyl halides is 3. The maximum atomic E-state index is 12.6. The second-order valence-corrected chi connectivity index (χ2v) is 3.94. The van der Waals surface area contributed by atoms with Crippen LogP contribution in [0, 0.1) is 6.92 Å². The smallest absolute Gasteiger partial charge is 0.416 e. The van der Waals surface area contributed by atoms with Crippen molar-refractivity contribution in [2.75, 3.05) is 5.43 Å². The Morgan fingerprint density at radius 2 is 1.95 bits per heavy atom. The Hall–Kier alpha value is -2.35. The second-order valence-electron chi connectivity index (χ2n) is 3.94. The summed E-state index contributed by atoms with van der Waals surface area (Å²) in [6.07, 6.45) is -4.43. The molecule has 0 aliphatic rings. The molecule has 0 unspecified atom stereocenters. The van der Waals surface area contributed by atoms with Crippen LogP contribution in [0.15, 0.2) is 30.3 Å². The van der Waals surface area contributed by atoms with Gasteiger partial charge in [-0.05, 0) is 25.1 Å². The highest BCUT2D eigenvalue weighted by atomic mass is 19.4. The molecular weight excluding hydrogens is 273 g/mol. The molecule has 1 aromatic carbocycles. The van der Waals surface area contributed by atoms with Gasteiger partial charge >= 0.3 is 6.18 Å². The van der Waals surface area contributed by atoms with Gasteiger partial charge in [0.1, 0.15) is 5.75 Å². The third kappa shape index (κ3) is 3.35. The van der Waals surface area contributed by atoms with E-state index in [1.165, 1.54) is 18.2 Å². The summed E-state index contributed by atoms with van der Waals surface area (Å²) in [6, 6.07) is 6.01. The predicted molar refractivity (Wildman–Crippen MR) is 66.1 cm³/mol. The lowest BCUT2D eigenvalue weighted by molar-refractivity contribution is -0.137. The summed E-state index contributed by atoms with van der Waals surface area (Å²) in [5.74, 6) is 5.43. The lowest BCUT2D eigenvalue weighted by Crippen LogP contribution is -2.11. The number of hydrogen-bond donors (Lipinski definition) is 2. The summed E-state index contributed by atoms with van der Waals surface area (Å²) in [7, 11) is 0. The van der Waals surface area contributed by atoms with Gasteiger partial charge in [-0.3, -0.25) is 5.43 Å². The maximum Gasteiger partial charge on any atom is 0.416 e. The third-order valence-electron chi connectivity index (χ3n) is 2.34. The number of rotatable bonds is 3. The summed E-state index contributed by atoms with van der Waals surface area (Å²) in [5.41, 5.74) is 2.02. The van der Waals surface area contributed by atoms with Gasteiger partial charge in [-0.1, -0.05) is 6.07 Å². The number of nitrogens with two attached hydrogens (primary N) is 1. The van der Waals surface area contributed by atoms with Crippen molar-refractivity contribution in [3.05, 3.63) is 41.6 Å². The Kier molecular flexibility index (Phi) is 3.75. The summed E-state index contributed by atoms with van der Waals surface area (Å²) in [4.78, 5) is 7.83. The van der Waals surface area contributed by atoms with Gasteiger partial charge in [-0.2, -0.15) is 18.2 Å². The fraction of sp³-hybridized carbons (Fsp3) is 0.167. The number of nitrogens with one attached hydrogen (secondary N) is 1. The van der Waals surface area contributed by atoms with Crippen molar-refractivity contribution < 1.29 is 17.9 Å². The van der Waals surface area contributed by atoms with Gasteiger partial charge in [0.05, 0.1) is 5.56 Å². The monoisotopic (exact) mass is 284 g/mol. The molecular formula is C12H11F3N4O. The number of benzene rings is 1. The highest BCUT2D eigenvalue weighted by Crippen LogP contribution is 2.32. The standard InChI is InChI=1S/C12H11F3N4O/c1-7-5-10(18-11(17-7)19-16)20-9-4-2-3-8(6-9)12(13,14)15/h2-6H,16H2,1H3,(H,17,18,19). The number of anilines is 1. The Balaban J connectivity index is 2.28. The zero-order chi connectivity index (χ0) is 14.8. The highest BCUT2D eigenvalue weighted by Gasteiger charge is 2.30. The minimum atomic E-state index is -4.43. The number of aromatic nitrogens is 2. The molecule has 1 heterocycles. The average Bonchev–Trinajstić information content (AvgIpc) is 2.37. The van der Waals surface area contributed by atoms with Crippen LogP contribution in [-0.2, 0) is 6.18 Å². The van der Waals surface area contributed by atoms with E-state index in [1.54, 1.807) is 6.92 Å². The highest BCUT2D eigenvalue weighted by molar-refractivity contribution is 5.35. The number of aryl methyl sites for hydroxylation is 1. The molecule has 0 radical (unpaired) electrons. The molecule has 0 atom stereocenters. The van der Waals surface area contributed by atoms with Crippen LogP contribution in [0.3, 0.4) is 0 Å². The van der Waals surface area contributed by atoms with Crippen LogP contribution in [0.25, 0.3) is 0 Å². The average molecular weight is 284 g/mol. The van der Waals surface area contributed by atoms with E-state index in [2.05, 4.69) is 15.4 Å². The summed E-state index contributed by atoms with van der Waals surface area (Å²) >= 11 is 0. The lowest BCUT2D eigenvalue weighted by Gasteiger charge is -2.10. The number of nitrogens with zero attached hydrogens (tertiary/aromatic N) is 2. The van der Waals surface area contributed by atoms with Crippen molar-refractivity contribution in [2.24, 2.45) is 5.84 Å². The fourth-order valence-corrected chi connectivity index (χ4v) is 1.51. The number of ether oxygens (including phenoxy) is 1.